The number of piperidine rings is 1. The third kappa shape index (κ3) is 1.84. The molecule has 2 aliphatic heterocycles. The van der Waals surface area contributed by atoms with Crippen molar-refractivity contribution in [2.75, 3.05) is 11.4 Å². The normalized spacial score (nSPS) is 28.2. The highest BCUT2D eigenvalue weighted by Crippen LogP contribution is 2.85. The Morgan fingerprint density at radius 2 is 2.10 bits per heavy atom. The summed E-state index contributed by atoms with van der Waals surface area (Å²) in [5, 5.41) is 4.28. The molecule has 0 spiro atoms. The van der Waals surface area contributed by atoms with E-state index in [1.165, 1.54) is 10.9 Å². The minimum atomic E-state index is -0.176. The van der Waals surface area contributed by atoms with E-state index in [4.69, 9.17) is 4.52 Å². The number of nitrogens with zero attached hydrogens (tertiary/aromatic N) is 8. The summed E-state index contributed by atoms with van der Waals surface area (Å²) in [6.07, 6.45) is 4.97. The zero-order chi connectivity index (χ0) is 20.2. The van der Waals surface area contributed by atoms with Gasteiger partial charge in [-0.05, 0) is 24.5 Å². The number of imidazole rings is 1. The Kier molecular flexibility index (Phi) is 2.78. The van der Waals surface area contributed by atoms with E-state index in [1.54, 1.807) is 17.9 Å². The maximum atomic E-state index is 12.7. The molecule has 4 aromatic heterocycles. The first kappa shape index (κ1) is 16.3. The van der Waals surface area contributed by atoms with Crippen molar-refractivity contribution in [1.82, 2.24) is 34.2 Å². The molecule has 10 heteroatoms. The van der Waals surface area contributed by atoms with Crippen LogP contribution in [0.2, 0.25) is 0 Å². The molecule has 0 N–H and O–H groups in total. The predicted octanol–water partition coefficient (Wildman–Crippen LogP) is 0.651. The van der Waals surface area contributed by atoms with Crippen LogP contribution in [0, 0.1) is 18.8 Å². The molecule has 2 bridgehead atoms. The van der Waals surface area contributed by atoms with Crippen molar-refractivity contribution in [3.8, 4) is 0 Å². The summed E-state index contributed by atoms with van der Waals surface area (Å²) in [7, 11) is 1.78. The molecular weight excluding hydrogens is 384 g/mol. The summed E-state index contributed by atoms with van der Waals surface area (Å²) in [4.78, 5) is 32.7. The van der Waals surface area contributed by atoms with E-state index in [9.17, 15) is 4.79 Å². The monoisotopic (exact) mass is 402 g/mol. The Hall–Kier alpha value is -3.56. The fraction of sp³-hybridized carbons (Fsp3) is 0.400. The molecule has 4 aromatic rings. The van der Waals surface area contributed by atoms with Crippen LogP contribution < -0.4 is 10.5 Å². The lowest BCUT2D eigenvalue weighted by Gasteiger charge is -2.17. The molecule has 150 valence electrons. The summed E-state index contributed by atoms with van der Waals surface area (Å²) in [6.45, 7) is 3.22. The van der Waals surface area contributed by atoms with Gasteiger partial charge in [0.15, 0.2) is 17.0 Å². The van der Waals surface area contributed by atoms with Gasteiger partial charge in [-0.15, -0.1) is 0 Å². The molecule has 4 aliphatic rings. The third-order valence-corrected chi connectivity index (χ3v) is 6.99. The minimum absolute atomic E-state index is 0.00349. The van der Waals surface area contributed by atoms with Gasteiger partial charge in [-0.2, -0.15) is 4.98 Å². The quantitative estimate of drug-likeness (QED) is 0.490. The molecule has 1 unspecified atom stereocenters. The Labute approximate surface area is 170 Å². The Morgan fingerprint density at radius 1 is 1.23 bits per heavy atom. The van der Waals surface area contributed by atoms with Gasteiger partial charge in [0.25, 0.3) is 5.56 Å². The second-order valence-electron chi connectivity index (χ2n) is 8.57. The standard InChI is InChI=1S/C20H18N8O2/c1-10-3-4-12(21-5-10)28-6-11-14-16(28)20(11,14)19-24-13(30-25-19)7-27-9-23-17-15(18(27)29)26(2)8-22-17/h3-5,8-9,11,14,16H,6-7H2,1-2H3/t11-,14-,16?,20-/m1/s1. The van der Waals surface area contributed by atoms with Crippen LogP contribution in [0.4, 0.5) is 5.82 Å². The van der Waals surface area contributed by atoms with Gasteiger partial charge < -0.3 is 14.0 Å². The molecule has 4 atom stereocenters. The molecule has 2 saturated carbocycles. The summed E-state index contributed by atoms with van der Waals surface area (Å²) >= 11 is 0. The van der Waals surface area contributed by atoms with Crippen LogP contribution >= 0.6 is 0 Å². The number of pyridine rings is 1. The van der Waals surface area contributed by atoms with E-state index in [0.717, 1.165) is 23.8 Å². The van der Waals surface area contributed by atoms with Gasteiger partial charge in [0.1, 0.15) is 18.7 Å². The molecule has 6 heterocycles. The summed E-state index contributed by atoms with van der Waals surface area (Å²) < 4.78 is 8.67. The minimum Gasteiger partial charge on any atom is -0.352 e. The fourth-order valence-electron chi connectivity index (χ4n) is 5.43. The molecular formula is C20H18N8O2. The molecule has 2 aliphatic carbocycles. The van der Waals surface area contributed by atoms with Gasteiger partial charge in [-0.1, -0.05) is 11.2 Å². The number of aryl methyl sites for hydroxylation is 2. The van der Waals surface area contributed by atoms with Crippen LogP contribution in [-0.2, 0) is 19.0 Å². The van der Waals surface area contributed by atoms with Gasteiger partial charge in [0, 0.05) is 31.7 Å². The average molecular weight is 402 g/mol. The van der Waals surface area contributed by atoms with Crippen molar-refractivity contribution in [3.63, 3.8) is 0 Å². The second-order valence-corrected chi connectivity index (χ2v) is 8.57. The maximum absolute atomic E-state index is 12.7. The molecule has 8 rings (SSSR count). The summed E-state index contributed by atoms with van der Waals surface area (Å²) in [6, 6.07) is 4.58. The largest absolute Gasteiger partial charge is 0.352 e. The topological polar surface area (TPSA) is 108 Å². The number of anilines is 1. The van der Waals surface area contributed by atoms with Crippen LogP contribution in [0.1, 0.15) is 17.3 Å². The SMILES string of the molecule is Cc1ccc(N2C[C@@H]3[C@@H]4C2[C@@]34c2noc(Cn3cnc4ncn(C)c4c3=O)n2)nc1. The molecule has 4 fully saturated rings. The molecule has 0 aromatic carbocycles. The summed E-state index contributed by atoms with van der Waals surface area (Å²) in [5.41, 5.74) is 1.88. The summed E-state index contributed by atoms with van der Waals surface area (Å²) in [5.74, 6) is 3.34. The van der Waals surface area contributed by atoms with Gasteiger partial charge >= 0.3 is 0 Å². The highest BCUT2D eigenvalue weighted by atomic mass is 16.5. The number of aromatic nitrogens is 7. The van der Waals surface area contributed by atoms with Crippen molar-refractivity contribution in [2.24, 2.45) is 18.9 Å². The molecule has 30 heavy (non-hydrogen) atoms. The van der Waals surface area contributed by atoms with E-state index >= 15 is 0 Å². The van der Waals surface area contributed by atoms with Gasteiger partial charge in [-0.3, -0.25) is 9.36 Å². The second kappa shape index (κ2) is 5.13. The molecule has 0 amide bonds. The van der Waals surface area contributed by atoms with Crippen molar-refractivity contribution in [2.45, 2.75) is 24.9 Å². The Morgan fingerprint density at radius 3 is 2.90 bits per heavy atom. The highest BCUT2D eigenvalue weighted by Gasteiger charge is 2.95. The number of hydrogen-bond acceptors (Lipinski definition) is 8. The zero-order valence-corrected chi connectivity index (χ0v) is 16.4. The highest BCUT2D eigenvalue weighted by molar-refractivity contribution is 5.69. The average Bonchev–Trinajstić information content (AvgIpc) is 3.21. The number of rotatable bonds is 4. The molecule has 10 nitrogen and oxygen atoms in total. The van der Waals surface area contributed by atoms with E-state index in [0.29, 0.717) is 34.9 Å². The van der Waals surface area contributed by atoms with Crippen molar-refractivity contribution in [3.05, 3.63) is 58.6 Å². The lowest BCUT2D eigenvalue weighted by atomic mass is 10.1. The maximum Gasteiger partial charge on any atom is 0.280 e. The first-order valence-corrected chi connectivity index (χ1v) is 9.98. The van der Waals surface area contributed by atoms with Gasteiger partial charge in [0.05, 0.1) is 11.7 Å². The van der Waals surface area contributed by atoms with E-state index in [1.807, 2.05) is 13.1 Å². The van der Waals surface area contributed by atoms with Crippen molar-refractivity contribution < 1.29 is 4.52 Å². The Bertz CT molecular complexity index is 1380. The predicted molar refractivity (Wildman–Crippen MR) is 105 cm³/mol. The van der Waals surface area contributed by atoms with Crippen molar-refractivity contribution in [1.29, 1.82) is 0 Å². The number of hydrogen-bond donors (Lipinski definition) is 0. The lowest BCUT2D eigenvalue weighted by Crippen LogP contribution is -2.24. The zero-order valence-electron chi connectivity index (χ0n) is 16.4. The van der Waals surface area contributed by atoms with Crippen molar-refractivity contribution >= 4 is 17.0 Å². The van der Waals surface area contributed by atoms with Crippen LogP contribution in [0.5, 0.6) is 0 Å². The van der Waals surface area contributed by atoms with E-state index in [-0.39, 0.29) is 17.5 Å². The van der Waals surface area contributed by atoms with Crippen LogP contribution in [-0.4, -0.2) is 46.8 Å². The Balaban J connectivity index is 1.16. The fourth-order valence-corrected chi connectivity index (χ4v) is 5.43. The van der Waals surface area contributed by atoms with Crippen LogP contribution in [0.15, 0.2) is 40.3 Å². The number of fused-ring (bicyclic) bond motifs is 2. The first-order valence-electron chi connectivity index (χ1n) is 9.98. The third-order valence-electron chi connectivity index (χ3n) is 6.99. The molecule has 0 radical (unpaired) electrons. The smallest absolute Gasteiger partial charge is 0.280 e. The lowest BCUT2D eigenvalue weighted by molar-refractivity contribution is 0.362. The first-order chi connectivity index (χ1) is 14.6. The van der Waals surface area contributed by atoms with Crippen LogP contribution in [0.3, 0.4) is 0 Å². The van der Waals surface area contributed by atoms with Gasteiger partial charge in [-0.25, -0.2) is 15.0 Å². The van der Waals surface area contributed by atoms with Gasteiger partial charge in [0.2, 0.25) is 5.89 Å². The molecule has 2 saturated heterocycles. The van der Waals surface area contributed by atoms with E-state index in [2.05, 4.69) is 42.1 Å². The van der Waals surface area contributed by atoms with E-state index < -0.39 is 0 Å². The van der Waals surface area contributed by atoms with Crippen LogP contribution in [0.25, 0.3) is 11.2 Å².